The minimum Gasteiger partial charge on any atom is -0.435 e. The van der Waals surface area contributed by atoms with Crippen LogP contribution in [0.4, 0.5) is 14.7 Å². The van der Waals surface area contributed by atoms with E-state index in [2.05, 4.69) is 20.0 Å². The summed E-state index contributed by atoms with van der Waals surface area (Å²) in [5.41, 5.74) is 5.20. The highest BCUT2D eigenvalue weighted by Gasteiger charge is 2.17. The van der Waals surface area contributed by atoms with Gasteiger partial charge in [-0.1, -0.05) is 18.2 Å². The fourth-order valence-electron chi connectivity index (χ4n) is 4.06. The van der Waals surface area contributed by atoms with Gasteiger partial charge in [0.25, 0.3) is 0 Å². The van der Waals surface area contributed by atoms with Crippen molar-refractivity contribution in [2.24, 2.45) is 0 Å². The van der Waals surface area contributed by atoms with Crippen LogP contribution in [0, 0.1) is 6.92 Å². The van der Waals surface area contributed by atoms with Crippen LogP contribution in [0.3, 0.4) is 0 Å². The number of aryl methyl sites for hydroxylation is 1. The maximum absolute atomic E-state index is 12.8. The molecule has 9 heteroatoms. The van der Waals surface area contributed by atoms with Gasteiger partial charge in [-0.3, -0.25) is 0 Å². The quantitative estimate of drug-likeness (QED) is 0.439. The molecule has 0 aliphatic carbocycles. The minimum atomic E-state index is -2.87. The zero-order chi connectivity index (χ0) is 22.8. The van der Waals surface area contributed by atoms with Gasteiger partial charge in [-0.05, 0) is 36.2 Å². The molecular formula is C24H23F2N5O2. The largest absolute Gasteiger partial charge is 0.435 e. The number of alkyl halides is 2. The Morgan fingerprint density at radius 1 is 1.06 bits per heavy atom. The van der Waals surface area contributed by atoms with Gasteiger partial charge < -0.3 is 14.4 Å². The topological polar surface area (TPSA) is 64.8 Å². The number of rotatable bonds is 6. The first-order valence-corrected chi connectivity index (χ1v) is 10.7. The lowest BCUT2D eigenvalue weighted by atomic mass is 10.0. The predicted molar refractivity (Wildman–Crippen MR) is 120 cm³/mol. The Kier molecular flexibility index (Phi) is 5.87. The lowest BCUT2D eigenvalue weighted by molar-refractivity contribution is -0.0503. The molecule has 1 fully saturated rings. The predicted octanol–water partition coefficient (Wildman–Crippen LogP) is 4.13. The number of fused-ring (bicyclic) bond motifs is 1. The van der Waals surface area contributed by atoms with Crippen LogP contribution in [0.2, 0.25) is 0 Å². The summed E-state index contributed by atoms with van der Waals surface area (Å²) >= 11 is 0. The maximum atomic E-state index is 12.8. The molecule has 33 heavy (non-hydrogen) atoms. The van der Waals surface area contributed by atoms with E-state index in [1.807, 2.05) is 43.7 Å². The van der Waals surface area contributed by atoms with Crippen molar-refractivity contribution in [1.82, 2.24) is 19.6 Å². The molecule has 7 nitrogen and oxygen atoms in total. The van der Waals surface area contributed by atoms with Gasteiger partial charge in [0.2, 0.25) is 5.95 Å². The molecule has 4 heterocycles. The number of morpholine rings is 1. The monoisotopic (exact) mass is 451 g/mol. The molecule has 4 aromatic rings. The summed E-state index contributed by atoms with van der Waals surface area (Å²) in [5, 5.41) is 4.59. The number of benzene rings is 1. The Hall–Kier alpha value is -3.59. The van der Waals surface area contributed by atoms with E-state index in [0.717, 1.165) is 41.0 Å². The zero-order valence-corrected chi connectivity index (χ0v) is 18.1. The lowest BCUT2D eigenvalue weighted by Gasteiger charge is -2.26. The number of pyridine rings is 1. The highest BCUT2D eigenvalue weighted by atomic mass is 19.3. The van der Waals surface area contributed by atoms with E-state index in [9.17, 15) is 8.78 Å². The Bertz CT molecular complexity index is 1250. The van der Waals surface area contributed by atoms with Crippen LogP contribution in [0.15, 0.2) is 55.0 Å². The number of anilines is 1. The third kappa shape index (κ3) is 4.49. The van der Waals surface area contributed by atoms with Gasteiger partial charge >= 0.3 is 6.61 Å². The highest BCUT2D eigenvalue weighted by molar-refractivity contribution is 5.71. The molecule has 0 amide bonds. The second-order valence-corrected chi connectivity index (χ2v) is 7.84. The van der Waals surface area contributed by atoms with E-state index in [-0.39, 0.29) is 5.75 Å². The SMILES string of the molecule is Cc1nn2ccc(-c3cnc(N4CCOCC4)nc3)cc2c1Cc1ccccc1OC(F)F. The molecule has 0 radical (unpaired) electrons. The average molecular weight is 451 g/mol. The van der Waals surface area contributed by atoms with E-state index in [1.165, 1.54) is 0 Å². The van der Waals surface area contributed by atoms with E-state index in [4.69, 9.17) is 9.47 Å². The molecule has 3 aromatic heterocycles. The Labute approximate surface area is 189 Å². The zero-order valence-electron chi connectivity index (χ0n) is 18.1. The minimum absolute atomic E-state index is 0.175. The summed E-state index contributed by atoms with van der Waals surface area (Å²) in [6, 6.07) is 10.8. The normalized spacial score (nSPS) is 14.2. The van der Waals surface area contributed by atoms with Gasteiger partial charge in [-0.25, -0.2) is 14.5 Å². The van der Waals surface area contributed by atoms with Crippen molar-refractivity contribution in [3.05, 3.63) is 71.8 Å². The summed E-state index contributed by atoms with van der Waals surface area (Å²) in [4.78, 5) is 11.2. The second-order valence-electron chi connectivity index (χ2n) is 7.84. The van der Waals surface area contributed by atoms with Crippen LogP contribution < -0.4 is 9.64 Å². The van der Waals surface area contributed by atoms with Crippen molar-refractivity contribution in [3.63, 3.8) is 0 Å². The molecular weight excluding hydrogens is 428 g/mol. The Morgan fingerprint density at radius 3 is 2.58 bits per heavy atom. The molecule has 5 rings (SSSR count). The lowest BCUT2D eigenvalue weighted by Crippen LogP contribution is -2.37. The number of halogens is 2. The highest BCUT2D eigenvalue weighted by Crippen LogP contribution is 2.29. The smallest absolute Gasteiger partial charge is 0.387 e. The summed E-state index contributed by atoms with van der Waals surface area (Å²) in [6.07, 6.45) is 5.95. The van der Waals surface area contributed by atoms with E-state index < -0.39 is 6.61 Å². The molecule has 1 aromatic carbocycles. The van der Waals surface area contributed by atoms with Gasteiger partial charge in [0, 0.05) is 49.2 Å². The van der Waals surface area contributed by atoms with E-state index in [1.54, 1.807) is 22.7 Å². The van der Waals surface area contributed by atoms with E-state index in [0.29, 0.717) is 31.1 Å². The first-order chi connectivity index (χ1) is 16.1. The van der Waals surface area contributed by atoms with Gasteiger partial charge in [0.15, 0.2) is 0 Å². The number of nitrogens with zero attached hydrogens (tertiary/aromatic N) is 5. The van der Waals surface area contributed by atoms with Crippen LogP contribution in [-0.2, 0) is 11.2 Å². The molecule has 0 atom stereocenters. The molecule has 1 saturated heterocycles. The van der Waals surface area contributed by atoms with Crippen molar-refractivity contribution >= 4 is 11.5 Å². The van der Waals surface area contributed by atoms with Crippen molar-refractivity contribution in [1.29, 1.82) is 0 Å². The first kappa shape index (κ1) is 21.3. The van der Waals surface area contributed by atoms with Gasteiger partial charge in [0.05, 0.1) is 24.4 Å². The fraction of sp³-hybridized carbons (Fsp3) is 0.292. The van der Waals surface area contributed by atoms with Crippen molar-refractivity contribution in [2.45, 2.75) is 20.0 Å². The van der Waals surface area contributed by atoms with Gasteiger partial charge in [-0.15, -0.1) is 0 Å². The molecule has 0 bridgehead atoms. The van der Waals surface area contributed by atoms with Gasteiger partial charge in [0.1, 0.15) is 5.75 Å². The van der Waals surface area contributed by atoms with Crippen LogP contribution in [-0.4, -0.2) is 52.5 Å². The Morgan fingerprint density at radius 2 is 1.82 bits per heavy atom. The third-order valence-corrected chi connectivity index (χ3v) is 5.76. The molecule has 0 unspecified atom stereocenters. The third-order valence-electron chi connectivity index (χ3n) is 5.76. The second kappa shape index (κ2) is 9.11. The van der Waals surface area contributed by atoms with Crippen LogP contribution in [0.5, 0.6) is 5.75 Å². The molecule has 1 aliphatic rings. The van der Waals surface area contributed by atoms with E-state index >= 15 is 0 Å². The van der Waals surface area contributed by atoms with Crippen molar-refractivity contribution in [3.8, 4) is 16.9 Å². The number of ether oxygens (including phenoxy) is 2. The standard InChI is InChI=1S/C24H23F2N5O2/c1-16-20(12-18-4-2-3-5-22(18)33-23(25)26)21-13-17(6-7-31(21)29-16)19-14-27-24(28-15-19)30-8-10-32-11-9-30/h2-7,13-15,23H,8-12H2,1H3. The molecule has 170 valence electrons. The molecule has 0 spiro atoms. The molecule has 0 saturated carbocycles. The fourth-order valence-corrected chi connectivity index (χ4v) is 4.06. The molecule has 1 aliphatic heterocycles. The average Bonchev–Trinajstić information content (AvgIpc) is 3.15. The summed E-state index contributed by atoms with van der Waals surface area (Å²) in [6.45, 7) is 1.95. The maximum Gasteiger partial charge on any atom is 0.387 e. The summed E-state index contributed by atoms with van der Waals surface area (Å²) < 4.78 is 37.6. The summed E-state index contributed by atoms with van der Waals surface area (Å²) in [7, 11) is 0. The molecule has 0 N–H and O–H groups in total. The number of para-hydroxylation sites is 1. The number of aromatic nitrogens is 4. The number of hydrogen-bond donors (Lipinski definition) is 0. The van der Waals surface area contributed by atoms with Crippen molar-refractivity contribution in [2.75, 3.05) is 31.2 Å². The van der Waals surface area contributed by atoms with Crippen LogP contribution >= 0.6 is 0 Å². The van der Waals surface area contributed by atoms with Crippen LogP contribution in [0.1, 0.15) is 16.8 Å². The van der Waals surface area contributed by atoms with Gasteiger partial charge in [-0.2, -0.15) is 13.9 Å². The Balaban J connectivity index is 1.46. The van der Waals surface area contributed by atoms with Crippen molar-refractivity contribution < 1.29 is 18.3 Å². The first-order valence-electron chi connectivity index (χ1n) is 10.7. The summed E-state index contributed by atoms with van der Waals surface area (Å²) in [5.74, 6) is 0.870. The van der Waals surface area contributed by atoms with Crippen LogP contribution in [0.25, 0.3) is 16.6 Å². The number of hydrogen-bond acceptors (Lipinski definition) is 6.